The predicted octanol–water partition coefficient (Wildman–Crippen LogP) is 1.57. The molecule has 7 heteroatoms. The molecule has 1 aromatic rings. The first-order chi connectivity index (χ1) is 10.0. The highest BCUT2D eigenvalue weighted by atomic mass is 35.5. The van der Waals surface area contributed by atoms with Crippen LogP contribution in [0.3, 0.4) is 0 Å². The van der Waals surface area contributed by atoms with Crippen LogP contribution >= 0.6 is 24.0 Å². The summed E-state index contributed by atoms with van der Waals surface area (Å²) in [6, 6.07) is 5.33. The summed E-state index contributed by atoms with van der Waals surface area (Å²) in [5.74, 6) is -0.261. The highest BCUT2D eigenvalue weighted by molar-refractivity contribution is 6.34. The van der Waals surface area contributed by atoms with Crippen LogP contribution in [-0.4, -0.2) is 61.4 Å². The zero-order chi connectivity index (χ0) is 15.4. The number of nitrogens with one attached hydrogen (secondary N) is 1. The Labute approximate surface area is 142 Å². The second kappa shape index (κ2) is 8.36. The molecule has 1 N–H and O–H groups in total. The third-order valence-electron chi connectivity index (χ3n) is 3.61. The minimum Gasteiger partial charge on any atom is -0.339 e. The van der Waals surface area contributed by atoms with Gasteiger partial charge in [-0.15, -0.1) is 12.4 Å². The maximum atomic E-state index is 12.4. The number of amides is 2. The number of carbonyl (C=O) groups excluding carboxylic acids is 2. The van der Waals surface area contributed by atoms with Crippen LogP contribution in [-0.2, 0) is 4.79 Å². The lowest BCUT2D eigenvalue weighted by Crippen LogP contribution is -2.49. The number of likely N-dealkylation sites (N-methyl/N-ethyl adjacent to an activating group) is 1. The lowest BCUT2D eigenvalue weighted by atomic mass is 10.1. The van der Waals surface area contributed by atoms with Gasteiger partial charge in [0.2, 0.25) is 5.91 Å². The maximum absolute atomic E-state index is 12.4. The van der Waals surface area contributed by atoms with Gasteiger partial charge >= 0.3 is 0 Å². The number of hydrogen-bond donors (Lipinski definition) is 1. The molecule has 2 rings (SSSR count). The summed E-state index contributed by atoms with van der Waals surface area (Å²) in [7, 11) is 1.63. The van der Waals surface area contributed by atoms with Crippen molar-refractivity contribution in [1.29, 1.82) is 0 Å². The van der Waals surface area contributed by atoms with Gasteiger partial charge in [-0.3, -0.25) is 9.59 Å². The number of piperazine rings is 1. The fraction of sp³-hybridized carbons (Fsp3) is 0.467. The van der Waals surface area contributed by atoms with Crippen LogP contribution < -0.4 is 5.32 Å². The molecule has 0 unspecified atom stereocenters. The normalized spacial score (nSPS) is 14.2. The van der Waals surface area contributed by atoms with Crippen molar-refractivity contribution in [1.82, 2.24) is 15.1 Å². The van der Waals surface area contributed by atoms with E-state index in [2.05, 4.69) is 5.32 Å². The Kier molecular flexibility index (Phi) is 7.13. The lowest BCUT2D eigenvalue weighted by Gasteiger charge is -2.29. The molecule has 0 atom stereocenters. The van der Waals surface area contributed by atoms with E-state index in [1.54, 1.807) is 24.1 Å². The van der Waals surface area contributed by atoms with E-state index in [-0.39, 0.29) is 30.8 Å². The van der Waals surface area contributed by atoms with Crippen LogP contribution in [0.4, 0.5) is 0 Å². The molecule has 5 nitrogen and oxygen atoms in total. The van der Waals surface area contributed by atoms with Gasteiger partial charge in [0.15, 0.2) is 0 Å². The number of carbonyl (C=O) groups is 2. The zero-order valence-corrected chi connectivity index (χ0v) is 14.3. The van der Waals surface area contributed by atoms with Crippen LogP contribution in [0.15, 0.2) is 18.2 Å². The zero-order valence-electron chi connectivity index (χ0n) is 12.8. The molecule has 0 saturated carbocycles. The number of halogens is 2. The summed E-state index contributed by atoms with van der Waals surface area (Å²) < 4.78 is 0. The molecule has 1 aliphatic rings. The maximum Gasteiger partial charge on any atom is 0.255 e. The number of nitrogens with zero attached hydrogens (tertiary/aromatic N) is 2. The summed E-state index contributed by atoms with van der Waals surface area (Å²) in [5, 5.41) is 3.64. The van der Waals surface area contributed by atoms with Gasteiger partial charge in [0.05, 0.1) is 17.1 Å². The molecule has 2 amide bonds. The first-order valence-electron chi connectivity index (χ1n) is 7.00. The molecule has 122 valence electrons. The van der Waals surface area contributed by atoms with Crippen LogP contribution in [0.2, 0.25) is 5.02 Å². The first-order valence-corrected chi connectivity index (χ1v) is 7.37. The molecule has 1 aliphatic heterocycles. The van der Waals surface area contributed by atoms with Crippen molar-refractivity contribution in [3.05, 3.63) is 34.3 Å². The molecular weight excluding hydrogens is 325 g/mol. The molecule has 0 radical (unpaired) electrons. The van der Waals surface area contributed by atoms with Gasteiger partial charge in [-0.05, 0) is 18.6 Å². The fourth-order valence-electron chi connectivity index (χ4n) is 2.31. The number of aryl methyl sites for hydroxylation is 1. The van der Waals surface area contributed by atoms with Gasteiger partial charge in [-0.1, -0.05) is 23.7 Å². The Morgan fingerprint density at radius 3 is 2.59 bits per heavy atom. The topological polar surface area (TPSA) is 52.7 Å². The van der Waals surface area contributed by atoms with Gasteiger partial charge in [0.1, 0.15) is 0 Å². The van der Waals surface area contributed by atoms with Crippen molar-refractivity contribution in [2.75, 3.05) is 39.8 Å². The molecule has 1 saturated heterocycles. The third-order valence-corrected chi connectivity index (χ3v) is 4.11. The van der Waals surface area contributed by atoms with E-state index in [0.717, 1.165) is 18.7 Å². The smallest absolute Gasteiger partial charge is 0.255 e. The van der Waals surface area contributed by atoms with Gasteiger partial charge < -0.3 is 15.1 Å². The molecule has 0 aromatic heterocycles. The molecule has 0 spiro atoms. The Hall–Kier alpha value is -1.30. The average molecular weight is 346 g/mol. The van der Waals surface area contributed by atoms with Crippen LogP contribution in [0.5, 0.6) is 0 Å². The Balaban J connectivity index is 0.00000242. The van der Waals surface area contributed by atoms with E-state index >= 15 is 0 Å². The summed E-state index contributed by atoms with van der Waals surface area (Å²) in [6.45, 7) is 4.90. The minimum absolute atomic E-state index is 0. The Morgan fingerprint density at radius 2 is 1.95 bits per heavy atom. The summed E-state index contributed by atoms with van der Waals surface area (Å²) in [6.07, 6.45) is 0. The molecule has 22 heavy (non-hydrogen) atoms. The molecule has 1 heterocycles. The fourth-order valence-corrected chi connectivity index (χ4v) is 2.51. The van der Waals surface area contributed by atoms with Crippen LogP contribution in [0.1, 0.15) is 15.9 Å². The van der Waals surface area contributed by atoms with Crippen molar-refractivity contribution in [3.63, 3.8) is 0 Å². The van der Waals surface area contributed by atoms with Crippen molar-refractivity contribution in [2.45, 2.75) is 6.92 Å². The molecule has 0 aliphatic carbocycles. The SMILES string of the molecule is Cc1cccc(C(=O)N(C)CC(=O)N2CCNCC2)c1Cl.Cl. The molecule has 1 aromatic carbocycles. The third kappa shape index (κ3) is 4.35. The first kappa shape index (κ1) is 18.7. The standard InChI is InChI=1S/C15H20ClN3O2.ClH/c1-11-4-3-5-12(14(11)16)15(21)18(2)10-13(20)19-8-6-17-7-9-19;/h3-5,17H,6-10H2,1-2H3;1H. The molecular formula is C15H21Cl2N3O2. The van der Waals surface area contributed by atoms with E-state index in [1.807, 2.05) is 13.0 Å². The number of hydrogen-bond acceptors (Lipinski definition) is 3. The monoisotopic (exact) mass is 345 g/mol. The van der Waals surface area contributed by atoms with E-state index in [9.17, 15) is 9.59 Å². The second-order valence-electron chi connectivity index (χ2n) is 5.23. The molecule has 1 fully saturated rings. The lowest BCUT2D eigenvalue weighted by molar-refractivity contribution is -0.132. The van der Waals surface area contributed by atoms with Gasteiger partial charge in [-0.2, -0.15) is 0 Å². The van der Waals surface area contributed by atoms with Gasteiger partial charge in [0.25, 0.3) is 5.91 Å². The van der Waals surface area contributed by atoms with Gasteiger partial charge in [-0.25, -0.2) is 0 Å². The summed E-state index contributed by atoms with van der Waals surface area (Å²) in [4.78, 5) is 27.8. The summed E-state index contributed by atoms with van der Waals surface area (Å²) >= 11 is 6.17. The van der Waals surface area contributed by atoms with E-state index in [1.165, 1.54) is 4.90 Å². The average Bonchev–Trinajstić information content (AvgIpc) is 2.50. The van der Waals surface area contributed by atoms with Crippen molar-refractivity contribution < 1.29 is 9.59 Å². The second-order valence-corrected chi connectivity index (χ2v) is 5.61. The summed E-state index contributed by atoms with van der Waals surface area (Å²) in [5.41, 5.74) is 1.29. The van der Waals surface area contributed by atoms with Gasteiger partial charge in [0, 0.05) is 33.2 Å². The Bertz CT molecular complexity index is 546. The highest BCUT2D eigenvalue weighted by Crippen LogP contribution is 2.21. The quantitative estimate of drug-likeness (QED) is 0.904. The van der Waals surface area contributed by atoms with E-state index < -0.39 is 0 Å². The number of benzene rings is 1. The Morgan fingerprint density at radius 1 is 1.32 bits per heavy atom. The van der Waals surface area contributed by atoms with E-state index in [0.29, 0.717) is 23.7 Å². The van der Waals surface area contributed by atoms with Crippen molar-refractivity contribution in [3.8, 4) is 0 Å². The van der Waals surface area contributed by atoms with Crippen molar-refractivity contribution >= 4 is 35.8 Å². The number of rotatable bonds is 3. The van der Waals surface area contributed by atoms with Crippen LogP contribution in [0.25, 0.3) is 0 Å². The largest absolute Gasteiger partial charge is 0.339 e. The highest BCUT2D eigenvalue weighted by Gasteiger charge is 2.22. The van der Waals surface area contributed by atoms with E-state index in [4.69, 9.17) is 11.6 Å². The van der Waals surface area contributed by atoms with Crippen LogP contribution in [0, 0.1) is 6.92 Å². The minimum atomic E-state index is -0.229. The molecule has 0 bridgehead atoms. The van der Waals surface area contributed by atoms with Crippen molar-refractivity contribution in [2.24, 2.45) is 0 Å². The predicted molar refractivity (Wildman–Crippen MR) is 89.8 cm³/mol.